The first-order valence-electron chi connectivity index (χ1n) is 7.16. The number of aromatic nitrogens is 3. The number of nitrogens with zero attached hydrogens (tertiary/aromatic N) is 5. The van der Waals surface area contributed by atoms with E-state index in [9.17, 15) is 5.26 Å². The number of pyridine rings is 1. The lowest BCUT2D eigenvalue weighted by atomic mass is 10.2. The largest absolute Gasteiger partial charge is 0.345 e. The lowest BCUT2D eigenvalue weighted by molar-refractivity contribution is 0.358. The molecule has 3 heterocycles. The van der Waals surface area contributed by atoms with Gasteiger partial charge in [0.15, 0.2) is 5.82 Å². The summed E-state index contributed by atoms with van der Waals surface area (Å²) in [6.45, 7) is 4.90. The summed E-state index contributed by atoms with van der Waals surface area (Å²) >= 11 is 0. The van der Waals surface area contributed by atoms with Crippen LogP contribution < -0.4 is 4.90 Å². The van der Waals surface area contributed by atoms with Gasteiger partial charge >= 0.3 is 0 Å². The van der Waals surface area contributed by atoms with E-state index in [1.165, 1.54) is 0 Å². The smallest absolute Gasteiger partial charge is 0.229 e. The van der Waals surface area contributed by atoms with E-state index in [1.54, 1.807) is 18.3 Å². The van der Waals surface area contributed by atoms with Crippen molar-refractivity contribution in [1.29, 1.82) is 5.26 Å². The molecule has 6 heteroatoms. The lowest BCUT2D eigenvalue weighted by Gasteiger charge is -2.23. The molecule has 0 aromatic carbocycles. The van der Waals surface area contributed by atoms with Crippen LogP contribution in [0.4, 0.5) is 5.82 Å². The maximum Gasteiger partial charge on any atom is 0.229 e. The average Bonchev–Trinajstić information content (AvgIpc) is 3.15. The van der Waals surface area contributed by atoms with E-state index in [1.807, 2.05) is 13.8 Å². The van der Waals surface area contributed by atoms with E-state index < -0.39 is 0 Å². The highest BCUT2D eigenvalue weighted by atomic mass is 16.5. The predicted octanol–water partition coefficient (Wildman–Crippen LogP) is 2.80. The summed E-state index contributed by atoms with van der Waals surface area (Å²) in [5.74, 6) is 2.26. The van der Waals surface area contributed by atoms with Crippen molar-refractivity contribution < 1.29 is 4.52 Å². The summed E-state index contributed by atoms with van der Waals surface area (Å²) in [6, 6.07) is 5.79. The number of hydrogen-bond acceptors (Lipinski definition) is 6. The Labute approximate surface area is 123 Å². The summed E-state index contributed by atoms with van der Waals surface area (Å²) in [7, 11) is 0. The van der Waals surface area contributed by atoms with E-state index in [4.69, 9.17) is 4.52 Å². The minimum Gasteiger partial charge on any atom is -0.345 e. The monoisotopic (exact) mass is 283 g/mol. The first-order chi connectivity index (χ1) is 10.2. The standard InChI is InChI=1S/C15H17N5O/c1-10(2)15-18-13(19-21-15)12-6-4-8-20(12)14-11(9-16)5-3-7-17-14/h3,5,7,10,12H,4,6,8H2,1-2H3/t12-/m0/s1. The highest BCUT2D eigenvalue weighted by Gasteiger charge is 2.32. The van der Waals surface area contributed by atoms with Crippen molar-refractivity contribution in [3.63, 3.8) is 0 Å². The second-order valence-corrected chi connectivity index (χ2v) is 5.48. The van der Waals surface area contributed by atoms with Crippen molar-refractivity contribution in [2.24, 2.45) is 0 Å². The molecule has 0 radical (unpaired) electrons. The van der Waals surface area contributed by atoms with E-state index in [0.717, 1.165) is 19.4 Å². The van der Waals surface area contributed by atoms with Crippen LogP contribution >= 0.6 is 0 Å². The van der Waals surface area contributed by atoms with Gasteiger partial charge in [0.1, 0.15) is 11.9 Å². The molecule has 1 aliphatic heterocycles. The first kappa shape index (κ1) is 13.6. The Kier molecular flexibility index (Phi) is 3.57. The van der Waals surface area contributed by atoms with Crippen LogP contribution in [0, 0.1) is 11.3 Å². The van der Waals surface area contributed by atoms with Crippen LogP contribution in [0.15, 0.2) is 22.9 Å². The van der Waals surface area contributed by atoms with Crippen molar-refractivity contribution >= 4 is 5.82 Å². The van der Waals surface area contributed by atoms with E-state index in [2.05, 4.69) is 26.1 Å². The summed E-state index contributed by atoms with van der Waals surface area (Å²) in [4.78, 5) is 11.0. The highest BCUT2D eigenvalue weighted by Crippen LogP contribution is 2.35. The van der Waals surface area contributed by atoms with Crippen LogP contribution in [-0.4, -0.2) is 21.7 Å². The highest BCUT2D eigenvalue weighted by molar-refractivity contribution is 5.55. The van der Waals surface area contributed by atoms with Gasteiger partial charge in [-0.2, -0.15) is 10.2 Å². The molecule has 1 aliphatic rings. The second-order valence-electron chi connectivity index (χ2n) is 5.48. The quantitative estimate of drug-likeness (QED) is 0.861. The predicted molar refractivity (Wildman–Crippen MR) is 76.7 cm³/mol. The van der Waals surface area contributed by atoms with Crippen LogP contribution in [0.2, 0.25) is 0 Å². The SMILES string of the molecule is CC(C)c1nc([C@@H]2CCCN2c2ncccc2C#N)no1. The maximum atomic E-state index is 9.25. The normalized spacial score (nSPS) is 18.2. The zero-order chi connectivity index (χ0) is 14.8. The van der Waals surface area contributed by atoms with Gasteiger partial charge in [0.25, 0.3) is 0 Å². The van der Waals surface area contributed by atoms with Crippen molar-refractivity contribution in [2.75, 3.05) is 11.4 Å². The zero-order valence-corrected chi connectivity index (χ0v) is 12.2. The van der Waals surface area contributed by atoms with Gasteiger partial charge in [-0.1, -0.05) is 19.0 Å². The topological polar surface area (TPSA) is 78.8 Å². The van der Waals surface area contributed by atoms with Gasteiger partial charge in [-0.25, -0.2) is 4.98 Å². The molecule has 0 N–H and O–H groups in total. The Balaban J connectivity index is 1.93. The number of anilines is 1. The van der Waals surface area contributed by atoms with Gasteiger partial charge in [0.05, 0.1) is 11.6 Å². The molecule has 108 valence electrons. The maximum absolute atomic E-state index is 9.25. The Morgan fingerprint density at radius 3 is 3.05 bits per heavy atom. The van der Waals surface area contributed by atoms with Crippen LogP contribution in [-0.2, 0) is 0 Å². The van der Waals surface area contributed by atoms with Crippen molar-refractivity contribution in [3.05, 3.63) is 35.6 Å². The molecule has 0 spiro atoms. The van der Waals surface area contributed by atoms with Gasteiger partial charge < -0.3 is 9.42 Å². The Bertz CT molecular complexity index is 673. The van der Waals surface area contributed by atoms with E-state index in [-0.39, 0.29) is 12.0 Å². The molecule has 2 aromatic rings. The summed E-state index contributed by atoms with van der Waals surface area (Å²) in [5.41, 5.74) is 0.581. The molecule has 0 unspecified atom stereocenters. The van der Waals surface area contributed by atoms with Gasteiger partial charge in [0.2, 0.25) is 5.89 Å². The third-order valence-corrected chi connectivity index (χ3v) is 3.68. The molecular formula is C15H17N5O. The van der Waals surface area contributed by atoms with Crippen LogP contribution in [0.5, 0.6) is 0 Å². The lowest BCUT2D eigenvalue weighted by Crippen LogP contribution is -2.25. The van der Waals surface area contributed by atoms with Crippen molar-refractivity contribution in [3.8, 4) is 6.07 Å². The first-order valence-corrected chi connectivity index (χ1v) is 7.16. The summed E-state index contributed by atoms with van der Waals surface area (Å²) in [5, 5.41) is 13.4. The molecule has 6 nitrogen and oxygen atoms in total. The molecular weight excluding hydrogens is 266 g/mol. The van der Waals surface area contributed by atoms with Crippen molar-refractivity contribution in [1.82, 2.24) is 15.1 Å². The van der Waals surface area contributed by atoms with Gasteiger partial charge in [-0.15, -0.1) is 0 Å². The van der Waals surface area contributed by atoms with E-state index in [0.29, 0.717) is 23.1 Å². The molecule has 0 aliphatic carbocycles. The van der Waals surface area contributed by atoms with Gasteiger partial charge in [-0.05, 0) is 25.0 Å². The molecule has 0 amide bonds. The molecule has 3 rings (SSSR count). The molecule has 0 saturated carbocycles. The van der Waals surface area contributed by atoms with Crippen molar-refractivity contribution in [2.45, 2.75) is 38.6 Å². The Morgan fingerprint density at radius 2 is 2.33 bits per heavy atom. The number of nitriles is 1. The third kappa shape index (κ3) is 2.47. The minimum atomic E-state index is 0.0308. The number of rotatable bonds is 3. The zero-order valence-electron chi connectivity index (χ0n) is 12.2. The van der Waals surface area contributed by atoms with E-state index >= 15 is 0 Å². The molecule has 21 heavy (non-hydrogen) atoms. The fourth-order valence-electron chi connectivity index (χ4n) is 2.62. The molecule has 1 fully saturated rings. The molecule has 1 atom stereocenters. The van der Waals surface area contributed by atoms with Gasteiger partial charge in [0, 0.05) is 18.7 Å². The fraction of sp³-hybridized carbons (Fsp3) is 0.467. The van der Waals surface area contributed by atoms with Crippen LogP contribution in [0.1, 0.15) is 55.9 Å². The average molecular weight is 283 g/mol. The van der Waals surface area contributed by atoms with Crippen LogP contribution in [0.25, 0.3) is 0 Å². The Hall–Kier alpha value is -2.42. The number of hydrogen-bond donors (Lipinski definition) is 0. The third-order valence-electron chi connectivity index (χ3n) is 3.68. The molecule has 2 aromatic heterocycles. The minimum absolute atomic E-state index is 0.0308. The van der Waals surface area contributed by atoms with Crippen LogP contribution in [0.3, 0.4) is 0 Å². The molecule has 0 bridgehead atoms. The Morgan fingerprint density at radius 1 is 1.48 bits per heavy atom. The molecule has 1 saturated heterocycles. The second kappa shape index (κ2) is 5.52. The van der Waals surface area contributed by atoms with Gasteiger partial charge in [-0.3, -0.25) is 0 Å². The fourth-order valence-corrected chi connectivity index (χ4v) is 2.62. The summed E-state index contributed by atoms with van der Waals surface area (Å²) < 4.78 is 5.31. The summed E-state index contributed by atoms with van der Waals surface area (Å²) in [6.07, 6.45) is 3.68.